The van der Waals surface area contributed by atoms with Crippen molar-refractivity contribution in [3.05, 3.63) is 12.4 Å². The molecule has 112 valence electrons. The Hall–Kier alpha value is -1.21. The van der Waals surface area contributed by atoms with E-state index in [9.17, 15) is 8.42 Å². The zero-order chi connectivity index (χ0) is 14.6. The lowest BCUT2D eigenvalue weighted by atomic mass is 10.0. The van der Waals surface area contributed by atoms with Crippen molar-refractivity contribution >= 4 is 16.0 Å². The summed E-state index contributed by atoms with van der Waals surface area (Å²) < 4.78 is 26.9. The standard InChI is InChI=1S/C13H22N4O2S/c1-3-11-7-5-6-8-17(11)20(18,19)12-9-15-13(14-4-2)16-10-12/h9-11H,3-8H2,1-2H3,(H,14,15,16). The van der Waals surface area contributed by atoms with Crippen LogP contribution in [0.5, 0.6) is 0 Å². The molecule has 0 spiro atoms. The van der Waals surface area contributed by atoms with Gasteiger partial charge in [-0.1, -0.05) is 13.3 Å². The van der Waals surface area contributed by atoms with Crippen molar-refractivity contribution in [1.82, 2.24) is 14.3 Å². The van der Waals surface area contributed by atoms with Crippen LogP contribution >= 0.6 is 0 Å². The first-order valence-corrected chi connectivity index (χ1v) is 8.61. The van der Waals surface area contributed by atoms with Gasteiger partial charge in [-0.2, -0.15) is 4.31 Å². The summed E-state index contributed by atoms with van der Waals surface area (Å²) in [5.41, 5.74) is 0. The maximum atomic E-state index is 12.7. The molecule has 1 aromatic heterocycles. The second kappa shape index (κ2) is 6.49. The Kier molecular flexibility index (Phi) is 4.93. The molecule has 0 bridgehead atoms. The van der Waals surface area contributed by atoms with E-state index < -0.39 is 10.0 Å². The van der Waals surface area contributed by atoms with Gasteiger partial charge in [0.15, 0.2) is 0 Å². The number of hydrogen-bond acceptors (Lipinski definition) is 5. The van der Waals surface area contributed by atoms with Crippen LogP contribution in [0.3, 0.4) is 0 Å². The first-order valence-electron chi connectivity index (χ1n) is 7.17. The summed E-state index contributed by atoms with van der Waals surface area (Å²) in [6.07, 6.45) is 6.58. The smallest absolute Gasteiger partial charge is 0.246 e. The normalized spacial score (nSPS) is 20.8. The topological polar surface area (TPSA) is 75.2 Å². The van der Waals surface area contributed by atoms with E-state index in [-0.39, 0.29) is 10.9 Å². The summed E-state index contributed by atoms with van der Waals surface area (Å²) in [5, 5.41) is 2.96. The molecular weight excluding hydrogens is 276 g/mol. The largest absolute Gasteiger partial charge is 0.355 e. The fourth-order valence-electron chi connectivity index (χ4n) is 2.53. The Balaban J connectivity index is 2.24. The zero-order valence-electron chi connectivity index (χ0n) is 12.0. The number of piperidine rings is 1. The minimum atomic E-state index is -3.47. The van der Waals surface area contributed by atoms with Crippen molar-refractivity contribution < 1.29 is 8.42 Å². The van der Waals surface area contributed by atoms with Gasteiger partial charge in [0.25, 0.3) is 0 Å². The monoisotopic (exact) mass is 298 g/mol. The molecule has 6 nitrogen and oxygen atoms in total. The van der Waals surface area contributed by atoms with E-state index in [2.05, 4.69) is 15.3 Å². The minimum Gasteiger partial charge on any atom is -0.355 e. The summed E-state index contributed by atoms with van der Waals surface area (Å²) in [6.45, 7) is 5.27. The van der Waals surface area contributed by atoms with Crippen LogP contribution in [0.2, 0.25) is 0 Å². The summed E-state index contributed by atoms with van der Waals surface area (Å²) in [6, 6.07) is 0.0993. The van der Waals surface area contributed by atoms with Gasteiger partial charge in [-0.15, -0.1) is 0 Å². The van der Waals surface area contributed by atoms with E-state index in [1.165, 1.54) is 12.4 Å². The van der Waals surface area contributed by atoms with Crippen molar-refractivity contribution in [2.24, 2.45) is 0 Å². The molecule has 0 aliphatic carbocycles. The number of sulfonamides is 1. The fourth-order valence-corrected chi connectivity index (χ4v) is 4.19. The molecule has 1 aromatic rings. The number of rotatable bonds is 5. The third kappa shape index (κ3) is 3.09. The molecule has 0 radical (unpaired) electrons. The molecule has 0 aromatic carbocycles. The van der Waals surface area contributed by atoms with Gasteiger partial charge < -0.3 is 5.32 Å². The van der Waals surface area contributed by atoms with Crippen LogP contribution in [0.4, 0.5) is 5.95 Å². The number of anilines is 1. The van der Waals surface area contributed by atoms with Crippen molar-refractivity contribution in [3.63, 3.8) is 0 Å². The number of nitrogens with zero attached hydrogens (tertiary/aromatic N) is 3. The zero-order valence-corrected chi connectivity index (χ0v) is 12.9. The predicted molar refractivity (Wildman–Crippen MR) is 78.0 cm³/mol. The predicted octanol–water partition coefficient (Wildman–Crippen LogP) is 1.86. The quantitative estimate of drug-likeness (QED) is 0.898. The maximum absolute atomic E-state index is 12.7. The van der Waals surface area contributed by atoms with E-state index in [0.29, 0.717) is 19.0 Å². The molecule has 2 rings (SSSR count). The highest BCUT2D eigenvalue weighted by atomic mass is 32.2. The Morgan fingerprint density at radius 2 is 2.00 bits per heavy atom. The molecule has 2 heterocycles. The van der Waals surface area contributed by atoms with Crippen molar-refractivity contribution in [3.8, 4) is 0 Å². The lowest BCUT2D eigenvalue weighted by Gasteiger charge is -2.33. The second-order valence-electron chi connectivity index (χ2n) is 4.95. The van der Waals surface area contributed by atoms with Crippen molar-refractivity contribution in [2.75, 3.05) is 18.4 Å². The van der Waals surface area contributed by atoms with E-state index in [0.717, 1.165) is 25.7 Å². The minimum absolute atomic E-state index is 0.0993. The van der Waals surface area contributed by atoms with Crippen LogP contribution in [0.15, 0.2) is 17.3 Å². The van der Waals surface area contributed by atoms with Gasteiger partial charge in [0, 0.05) is 19.1 Å². The van der Waals surface area contributed by atoms with Crippen LogP contribution < -0.4 is 5.32 Å². The number of aromatic nitrogens is 2. The highest BCUT2D eigenvalue weighted by Gasteiger charge is 2.32. The maximum Gasteiger partial charge on any atom is 0.246 e. The first kappa shape index (κ1) is 15.2. The summed E-state index contributed by atoms with van der Waals surface area (Å²) in [4.78, 5) is 8.28. The van der Waals surface area contributed by atoms with Crippen molar-refractivity contribution in [1.29, 1.82) is 0 Å². The average molecular weight is 298 g/mol. The molecule has 20 heavy (non-hydrogen) atoms. The fraction of sp³-hybridized carbons (Fsp3) is 0.692. The molecule has 1 N–H and O–H groups in total. The third-order valence-corrected chi connectivity index (χ3v) is 5.52. The van der Waals surface area contributed by atoms with Crippen molar-refractivity contribution in [2.45, 2.75) is 50.5 Å². The number of nitrogens with one attached hydrogen (secondary N) is 1. The van der Waals surface area contributed by atoms with Gasteiger partial charge in [-0.25, -0.2) is 18.4 Å². The molecule has 1 fully saturated rings. The van der Waals surface area contributed by atoms with E-state index >= 15 is 0 Å². The number of hydrogen-bond donors (Lipinski definition) is 1. The molecule has 1 saturated heterocycles. The van der Waals surface area contributed by atoms with Crippen LogP contribution in [0.25, 0.3) is 0 Å². The molecule has 7 heteroatoms. The lowest BCUT2D eigenvalue weighted by Crippen LogP contribution is -2.43. The highest BCUT2D eigenvalue weighted by Crippen LogP contribution is 2.26. The lowest BCUT2D eigenvalue weighted by molar-refractivity contribution is 0.246. The second-order valence-corrected chi connectivity index (χ2v) is 6.84. The summed E-state index contributed by atoms with van der Waals surface area (Å²) in [5.74, 6) is 0.456. The Labute approximate surface area is 120 Å². The van der Waals surface area contributed by atoms with E-state index in [1.807, 2.05) is 13.8 Å². The van der Waals surface area contributed by atoms with Gasteiger partial charge in [0.2, 0.25) is 16.0 Å². The van der Waals surface area contributed by atoms with Gasteiger partial charge in [-0.3, -0.25) is 0 Å². The molecule has 1 aliphatic heterocycles. The molecule has 1 aliphatic rings. The van der Waals surface area contributed by atoms with Crippen LogP contribution in [0, 0.1) is 0 Å². The summed E-state index contributed by atoms with van der Waals surface area (Å²) in [7, 11) is -3.47. The van der Waals surface area contributed by atoms with Gasteiger partial charge in [0.05, 0.1) is 12.4 Å². The van der Waals surface area contributed by atoms with Gasteiger partial charge >= 0.3 is 0 Å². The highest BCUT2D eigenvalue weighted by molar-refractivity contribution is 7.89. The van der Waals surface area contributed by atoms with Crippen LogP contribution in [0.1, 0.15) is 39.5 Å². The first-order chi connectivity index (χ1) is 9.59. The Morgan fingerprint density at radius 3 is 2.60 bits per heavy atom. The molecule has 0 saturated carbocycles. The van der Waals surface area contributed by atoms with E-state index in [4.69, 9.17) is 0 Å². The summed E-state index contributed by atoms with van der Waals surface area (Å²) >= 11 is 0. The molecular formula is C13H22N4O2S. The van der Waals surface area contributed by atoms with E-state index in [1.54, 1.807) is 4.31 Å². The van der Waals surface area contributed by atoms with Gasteiger partial charge in [-0.05, 0) is 26.2 Å². The van der Waals surface area contributed by atoms with Gasteiger partial charge in [0.1, 0.15) is 4.90 Å². The molecule has 1 atom stereocenters. The third-order valence-electron chi connectivity index (χ3n) is 3.61. The van der Waals surface area contributed by atoms with Crippen LogP contribution in [-0.2, 0) is 10.0 Å². The Morgan fingerprint density at radius 1 is 1.30 bits per heavy atom. The Bertz CT molecular complexity index is 530. The molecule has 0 amide bonds. The van der Waals surface area contributed by atoms with Crippen LogP contribution in [-0.4, -0.2) is 41.8 Å². The molecule has 1 unspecified atom stereocenters. The average Bonchev–Trinajstić information content (AvgIpc) is 2.48. The SMILES string of the molecule is CCNc1ncc(S(=O)(=O)N2CCCCC2CC)cn1.